The molecule has 1 aliphatic carbocycles. The highest BCUT2D eigenvalue weighted by molar-refractivity contribution is 5.93. The third kappa shape index (κ3) is 3.22. The first-order valence-electron chi connectivity index (χ1n) is 7.83. The first kappa shape index (κ1) is 15.1. The number of amides is 1. The maximum absolute atomic E-state index is 12.7. The number of oxazole rings is 1. The van der Waals surface area contributed by atoms with Crippen molar-refractivity contribution >= 4 is 11.9 Å². The molecule has 1 aliphatic rings. The van der Waals surface area contributed by atoms with E-state index in [1.807, 2.05) is 13.8 Å². The van der Waals surface area contributed by atoms with Crippen LogP contribution in [0.15, 0.2) is 4.42 Å². The minimum absolute atomic E-state index is 0.104. The van der Waals surface area contributed by atoms with Crippen LogP contribution in [0.25, 0.3) is 0 Å². The van der Waals surface area contributed by atoms with Crippen molar-refractivity contribution < 1.29 is 9.21 Å². The smallest absolute Gasteiger partial charge is 0.301 e. The number of aryl methyl sites for hydroxylation is 2. The summed E-state index contributed by atoms with van der Waals surface area (Å²) in [6, 6.07) is 0.353. The molecular weight excluding hydrogens is 252 g/mol. The zero-order valence-corrected chi connectivity index (χ0v) is 12.9. The van der Waals surface area contributed by atoms with Gasteiger partial charge in [0.25, 0.3) is 0 Å². The summed E-state index contributed by atoms with van der Waals surface area (Å²) >= 11 is 0. The Bertz CT molecular complexity index is 440. The zero-order valence-electron chi connectivity index (χ0n) is 12.9. The van der Waals surface area contributed by atoms with Crippen molar-refractivity contribution in [3.8, 4) is 0 Å². The highest BCUT2D eigenvalue weighted by Gasteiger charge is 2.39. The van der Waals surface area contributed by atoms with Crippen LogP contribution in [0.3, 0.4) is 0 Å². The lowest BCUT2D eigenvalue weighted by Gasteiger charge is -2.35. The van der Waals surface area contributed by atoms with Crippen LogP contribution in [0.4, 0.5) is 6.01 Å². The first-order chi connectivity index (χ1) is 9.57. The number of unbranched alkanes of at least 4 members (excludes halogenated alkanes) is 1. The number of hydrogen-bond donors (Lipinski definition) is 1. The normalized spacial score (nSPS) is 17.9. The quantitative estimate of drug-likeness (QED) is 0.870. The Morgan fingerprint density at radius 1 is 1.30 bits per heavy atom. The molecule has 4 nitrogen and oxygen atoms in total. The molecule has 1 N–H and O–H groups in total. The van der Waals surface area contributed by atoms with Crippen molar-refractivity contribution in [3.63, 3.8) is 0 Å². The molecule has 112 valence electrons. The van der Waals surface area contributed by atoms with Gasteiger partial charge >= 0.3 is 6.01 Å². The summed E-state index contributed by atoms with van der Waals surface area (Å²) in [5, 5.41) is 2.91. The maximum Gasteiger partial charge on any atom is 0.301 e. The van der Waals surface area contributed by atoms with E-state index >= 15 is 0 Å². The fourth-order valence-corrected chi connectivity index (χ4v) is 3.09. The molecule has 0 atom stereocenters. The maximum atomic E-state index is 12.7. The second kappa shape index (κ2) is 6.42. The lowest BCUT2D eigenvalue weighted by molar-refractivity contribution is -0.128. The fraction of sp³-hybridized carbons (Fsp3) is 0.750. The second-order valence-electron chi connectivity index (χ2n) is 6.06. The topological polar surface area (TPSA) is 55.1 Å². The Hall–Kier alpha value is -1.32. The average Bonchev–Trinajstić information content (AvgIpc) is 2.76. The number of carbonyl (C=O) groups is 1. The van der Waals surface area contributed by atoms with Gasteiger partial charge in [0, 0.05) is 5.41 Å². The van der Waals surface area contributed by atoms with Gasteiger partial charge in [-0.3, -0.25) is 10.1 Å². The third-order valence-electron chi connectivity index (χ3n) is 4.55. The van der Waals surface area contributed by atoms with Crippen LogP contribution in [0.2, 0.25) is 0 Å². The summed E-state index contributed by atoms with van der Waals surface area (Å²) in [6.07, 6.45) is 8.77. The third-order valence-corrected chi connectivity index (χ3v) is 4.55. The molecule has 0 aliphatic heterocycles. The minimum atomic E-state index is -0.204. The van der Waals surface area contributed by atoms with E-state index in [4.69, 9.17) is 4.42 Å². The van der Waals surface area contributed by atoms with Gasteiger partial charge in [0.1, 0.15) is 5.76 Å². The van der Waals surface area contributed by atoms with Crippen LogP contribution in [0.5, 0.6) is 0 Å². The predicted molar refractivity (Wildman–Crippen MR) is 79.6 cm³/mol. The standard InChI is InChI=1S/C16H26N2O2/c1-4-5-9-16(10-7-6-8-11-16)14(19)18-15-17-12(2)13(3)20-15/h4-11H2,1-3H3,(H,17,18,19). The molecule has 1 fully saturated rings. The van der Waals surface area contributed by atoms with E-state index in [2.05, 4.69) is 17.2 Å². The monoisotopic (exact) mass is 278 g/mol. The lowest BCUT2D eigenvalue weighted by Crippen LogP contribution is -2.38. The minimum Gasteiger partial charge on any atom is -0.428 e. The molecule has 1 saturated carbocycles. The van der Waals surface area contributed by atoms with E-state index in [9.17, 15) is 4.79 Å². The van der Waals surface area contributed by atoms with E-state index in [0.717, 1.165) is 56.4 Å². The van der Waals surface area contributed by atoms with Gasteiger partial charge < -0.3 is 4.42 Å². The zero-order chi connectivity index (χ0) is 14.6. The van der Waals surface area contributed by atoms with Gasteiger partial charge in [-0.25, -0.2) is 0 Å². The summed E-state index contributed by atoms with van der Waals surface area (Å²) in [6.45, 7) is 5.93. The van der Waals surface area contributed by atoms with Crippen LogP contribution in [-0.2, 0) is 4.79 Å². The molecule has 0 unspecified atom stereocenters. The van der Waals surface area contributed by atoms with Gasteiger partial charge in [0.05, 0.1) is 5.69 Å². The van der Waals surface area contributed by atoms with E-state index in [-0.39, 0.29) is 11.3 Å². The molecular formula is C16H26N2O2. The van der Waals surface area contributed by atoms with Gasteiger partial charge in [0.2, 0.25) is 5.91 Å². The van der Waals surface area contributed by atoms with Crippen LogP contribution in [-0.4, -0.2) is 10.9 Å². The SMILES string of the molecule is CCCCC1(C(=O)Nc2nc(C)c(C)o2)CCCCC1. The Labute approximate surface area is 121 Å². The summed E-state index contributed by atoms with van der Waals surface area (Å²) in [7, 11) is 0. The molecule has 0 bridgehead atoms. The molecule has 0 radical (unpaired) electrons. The molecule has 0 saturated heterocycles. The number of aromatic nitrogens is 1. The number of anilines is 1. The van der Waals surface area contributed by atoms with E-state index in [1.54, 1.807) is 0 Å². The van der Waals surface area contributed by atoms with Crippen LogP contribution in [0, 0.1) is 19.3 Å². The van der Waals surface area contributed by atoms with Crippen molar-refractivity contribution in [1.82, 2.24) is 4.98 Å². The van der Waals surface area contributed by atoms with E-state index < -0.39 is 0 Å². The molecule has 0 aromatic carbocycles. The summed E-state index contributed by atoms with van der Waals surface area (Å²) in [5.74, 6) is 0.874. The van der Waals surface area contributed by atoms with E-state index in [0.29, 0.717) is 6.01 Å². The Kier molecular flexibility index (Phi) is 4.84. The summed E-state index contributed by atoms with van der Waals surface area (Å²) < 4.78 is 5.48. The molecule has 4 heteroatoms. The van der Waals surface area contributed by atoms with Gasteiger partial charge in [0.15, 0.2) is 0 Å². The molecule has 1 amide bonds. The number of carbonyl (C=O) groups excluding carboxylic acids is 1. The summed E-state index contributed by atoms with van der Waals surface area (Å²) in [4.78, 5) is 17.0. The molecule has 0 spiro atoms. The number of hydrogen-bond acceptors (Lipinski definition) is 3. The number of nitrogens with zero attached hydrogens (tertiary/aromatic N) is 1. The molecule has 2 rings (SSSR count). The number of rotatable bonds is 5. The van der Waals surface area contributed by atoms with Gasteiger partial charge in [-0.05, 0) is 33.1 Å². The molecule has 1 heterocycles. The van der Waals surface area contributed by atoms with Gasteiger partial charge in [-0.2, -0.15) is 4.98 Å². The van der Waals surface area contributed by atoms with E-state index in [1.165, 1.54) is 6.42 Å². The molecule has 1 aromatic rings. The van der Waals surface area contributed by atoms with Crippen molar-refractivity contribution in [1.29, 1.82) is 0 Å². The average molecular weight is 278 g/mol. The predicted octanol–water partition coefficient (Wildman–Crippen LogP) is 4.37. The van der Waals surface area contributed by atoms with Crippen LogP contribution in [0.1, 0.15) is 69.7 Å². The highest BCUT2D eigenvalue weighted by atomic mass is 16.4. The second-order valence-corrected chi connectivity index (χ2v) is 6.06. The summed E-state index contributed by atoms with van der Waals surface area (Å²) in [5.41, 5.74) is 0.636. The van der Waals surface area contributed by atoms with Gasteiger partial charge in [-0.1, -0.05) is 39.0 Å². The molecule has 20 heavy (non-hydrogen) atoms. The largest absolute Gasteiger partial charge is 0.428 e. The van der Waals surface area contributed by atoms with Crippen LogP contribution >= 0.6 is 0 Å². The van der Waals surface area contributed by atoms with Crippen molar-refractivity contribution in [3.05, 3.63) is 11.5 Å². The lowest BCUT2D eigenvalue weighted by atomic mass is 9.70. The first-order valence-corrected chi connectivity index (χ1v) is 7.83. The highest BCUT2D eigenvalue weighted by Crippen LogP contribution is 2.41. The van der Waals surface area contributed by atoms with Crippen molar-refractivity contribution in [2.45, 2.75) is 72.1 Å². The Balaban J connectivity index is 2.09. The fourth-order valence-electron chi connectivity index (χ4n) is 3.09. The van der Waals surface area contributed by atoms with Crippen molar-refractivity contribution in [2.24, 2.45) is 5.41 Å². The molecule has 1 aromatic heterocycles. The van der Waals surface area contributed by atoms with Crippen molar-refractivity contribution in [2.75, 3.05) is 5.32 Å². The number of nitrogens with one attached hydrogen (secondary N) is 1. The Morgan fingerprint density at radius 2 is 2.00 bits per heavy atom. The Morgan fingerprint density at radius 3 is 2.55 bits per heavy atom. The van der Waals surface area contributed by atoms with Crippen LogP contribution < -0.4 is 5.32 Å². The van der Waals surface area contributed by atoms with Gasteiger partial charge in [-0.15, -0.1) is 0 Å².